The quantitative estimate of drug-likeness (QED) is 0.825. The van der Waals surface area contributed by atoms with E-state index >= 15 is 0 Å². The third kappa shape index (κ3) is 3.00. The van der Waals surface area contributed by atoms with Crippen molar-refractivity contribution in [1.29, 1.82) is 0 Å². The van der Waals surface area contributed by atoms with Crippen LogP contribution in [-0.4, -0.2) is 18.5 Å². The van der Waals surface area contributed by atoms with E-state index in [1.807, 2.05) is 6.92 Å². The van der Waals surface area contributed by atoms with E-state index in [9.17, 15) is 13.6 Å². The van der Waals surface area contributed by atoms with Gasteiger partial charge in [-0.1, -0.05) is 29.8 Å². The average Bonchev–Trinajstić information content (AvgIpc) is 2.29. The lowest BCUT2D eigenvalue weighted by Crippen LogP contribution is -2.41. The van der Waals surface area contributed by atoms with E-state index in [4.69, 9.17) is 5.73 Å². The molecule has 0 spiro atoms. The lowest BCUT2D eigenvalue weighted by Gasteiger charge is -2.21. The Labute approximate surface area is 98.6 Å². The van der Waals surface area contributed by atoms with Gasteiger partial charge >= 0.3 is 11.9 Å². The van der Waals surface area contributed by atoms with Gasteiger partial charge in [-0.2, -0.15) is 8.78 Å². The number of ether oxygens (including phenoxy) is 1. The Morgan fingerprint density at radius 3 is 2.41 bits per heavy atom. The minimum absolute atomic E-state index is 0.102. The van der Waals surface area contributed by atoms with Crippen molar-refractivity contribution >= 4 is 5.97 Å². The van der Waals surface area contributed by atoms with Gasteiger partial charge < -0.3 is 10.5 Å². The van der Waals surface area contributed by atoms with Crippen LogP contribution >= 0.6 is 0 Å². The van der Waals surface area contributed by atoms with Crippen LogP contribution < -0.4 is 5.73 Å². The molecule has 0 heterocycles. The Kier molecular flexibility index (Phi) is 4.17. The van der Waals surface area contributed by atoms with Gasteiger partial charge in [-0.3, -0.25) is 0 Å². The van der Waals surface area contributed by atoms with Gasteiger partial charge in [0.25, 0.3) is 0 Å². The largest absolute Gasteiger partial charge is 0.462 e. The number of nitrogens with two attached hydrogens (primary N) is 1. The Bertz CT molecular complexity index is 390. The molecule has 0 aliphatic heterocycles. The molecular weight excluding hydrogens is 228 g/mol. The fourth-order valence-corrected chi connectivity index (χ4v) is 1.34. The monoisotopic (exact) mass is 243 g/mol. The molecule has 3 nitrogen and oxygen atoms in total. The zero-order valence-corrected chi connectivity index (χ0v) is 9.74. The van der Waals surface area contributed by atoms with Gasteiger partial charge in [-0.05, 0) is 19.4 Å². The van der Waals surface area contributed by atoms with Crippen LogP contribution in [0.4, 0.5) is 8.78 Å². The number of carbonyl (C=O) groups excluding carboxylic acids is 1. The van der Waals surface area contributed by atoms with Crippen LogP contribution in [0.3, 0.4) is 0 Å². The minimum atomic E-state index is -3.72. The summed E-state index contributed by atoms with van der Waals surface area (Å²) in [5, 5.41) is 0. The van der Waals surface area contributed by atoms with E-state index < -0.39 is 17.9 Å². The molecule has 0 saturated carbocycles. The lowest BCUT2D eigenvalue weighted by molar-refractivity contribution is -0.174. The van der Waals surface area contributed by atoms with Crippen LogP contribution in [0.5, 0.6) is 0 Å². The highest BCUT2D eigenvalue weighted by atomic mass is 19.3. The van der Waals surface area contributed by atoms with Crippen molar-refractivity contribution in [3.05, 3.63) is 35.4 Å². The van der Waals surface area contributed by atoms with Gasteiger partial charge in [0.15, 0.2) is 0 Å². The molecule has 0 unspecified atom stereocenters. The molecular formula is C12H15F2NO2. The second-order valence-corrected chi connectivity index (χ2v) is 3.73. The second kappa shape index (κ2) is 5.23. The second-order valence-electron chi connectivity index (χ2n) is 3.73. The summed E-state index contributed by atoms with van der Waals surface area (Å²) >= 11 is 0. The number of hydrogen-bond donors (Lipinski definition) is 1. The summed E-state index contributed by atoms with van der Waals surface area (Å²) in [6.07, 6.45) is 0. The van der Waals surface area contributed by atoms with Crippen molar-refractivity contribution < 1.29 is 18.3 Å². The number of halogens is 2. The first-order valence-electron chi connectivity index (χ1n) is 5.26. The number of hydrogen-bond acceptors (Lipinski definition) is 3. The number of carbonyl (C=O) groups is 1. The van der Waals surface area contributed by atoms with Crippen molar-refractivity contribution in [2.24, 2.45) is 5.73 Å². The molecule has 2 N–H and O–H groups in total. The SMILES string of the molecule is CCOC(=O)C(F)(F)[C@H](N)c1ccc(C)cc1. The van der Waals surface area contributed by atoms with E-state index in [0.29, 0.717) is 0 Å². The smallest absolute Gasteiger partial charge is 0.379 e. The third-order valence-electron chi connectivity index (χ3n) is 2.37. The zero-order chi connectivity index (χ0) is 13.1. The summed E-state index contributed by atoms with van der Waals surface area (Å²) in [5.41, 5.74) is 6.54. The van der Waals surface area contributed by atoms with Crippen LogP contribution in [0.1, 0.15) is 24.1 Å². The molecule has 0 radical (unpaired) electrons. The molecule has 0 amide bonds. The average molecular weight is 243 g/mol. The van der Waals surface area contributed by atoms with Crippen LogP contribution in [0.25, 0.3) is 0 Å². The Hall–Kier alpha value is -1.49. The molecule has 0 aliphatic carbocycles. The molecule has 0 bridgehead atoms. The number of aryl methyl sites for hydroxylation is 1. The number of alkyl halides is 2. The molecule has 0 fully saturated rings. The van der Waals surface area contributed by atoms with Gasteiger partial charge in [0.1, 0.15) is 6.04 Å². The molecule has 0 aromatic heterocycles. The number of esters is 1. The normalized spacial score (nSPS) is 13.2. The number of benzene rings is 1. The molecule has 0 saturated heterocycles. The standard InChI is InChI=1S/C12H15F2NO2/c1-3-17-11(16)12(13,14)10(15)9-6-4-8(2)5-7-9/h4-7,10H,3,15H2,1-2H3/t10-/m1/s1. The first kappa shape index (κ1) is 13.6. The van der Waals surface area contributed by atoms with Crippen LogP contribution in [0, 0.1) is 6.92 Å². The van der Waals surface area contributed by atoms with E-state index in [1.165, 1.54) is 19.1 Å². The minimum Gasteiger partial charge on any atom is -0.462 e. The highest BCUT2D eigenvalue weighted by Crippen LogP contribution is 2.30. The molecule has 94 valence electrons. The molecule has 0 aliphatic rings. The first-order valence-corrected chi connectivity index (χ1v) is 5.26. The van der Waals surface area contributed by atoms with Crippen molar-refractivity contribution in [3.63, 3.8) is 0 Å². The highest BCUT2D eigenvalue weighted by molar-refractivity contribution is 5.78. The van der Waals surface area contributed by atoms with Gasteiger partial charge in [-0.15, -0.1) is 0 Å². The summed E-state index contributed by atoms with van der Waals surface area (Å²) in [7, 11) is 0. The summed E-state index contributed by atoms with van der Waals surface area (Å²) in [4.78, 5) is 11.1. The summed E-state index contributed by atoms with van der Waals surface area (Å²) in [6.45, 7) is 3.19. The highest BCUT2D eigenvalue weighted by Gasteiger charge is 2.47. The van der Waals surface area contributed by atoms with Crippen molar-refractivity contribution in [2.45, 2.75) is 25.8 Å². The maximum atomic E-state index is 13.6. The van der Waals surface area contributed by atoms with Crippen LogP contribution in [-0.2, 0) is 9.53 Å². The summed E-state index contributed by atoms with van der Waals surface area (Å²) in [6, 6.07) is 4.59. The zero-order valence-electron chi connectivity index (χ0n) is 9.74. The molecule has 1 aromatic rings. The molecule has 17 heavy (non-hydrogen) atoms. The number of rotatable bonds is 4. The van der Waals surface area contributed by atoms with Crippen LogP contribution in [0.2, 0.25) is 0 Å². The van der Waals surface area contributed by atoms with Crippen molar-refractivity contribution in [3.8, 4) is 0 Å². The van der Waals surface area contributed by atoms with E-state index in [2.05, 4.69) is 4.74 Å². The molecule has 5 heteroatoms. The third-order valence-corrected chi connectivity index (χ3v) is 2.37. The summed E-state index contributed by atoms with van der Waals surface area (Å²) < 4.78 is 31.5. The predicted octanol–water partition coefficient (Wildman–Crippen LogP) is 2.19. The Morgan fingerprint density at radius 2 is 1.94 bits per heavy atom. The predicted molar refractivity (Wildman–Crippen MR) is 59.7 cm³/mol. The topological polar surface area (TPSA) is 52.3 Å². The Balaban J connectivity index is 2.91. The summed E-state index contributed by atoms with van der Waals surface area (Å²) in [5.74, 6) is -5.31. The lowest BCUT2D eigenvalue weighted by atomic mass is 10.0. The molecule has 1 rings (SSSR count). The van der Waals surface area contributed by atoms with Crippen molar-refractivity contribution in [2.75, 3.05) is 6.61 Å². The fraction of sp³-hybridized carbons (Fsp3) is 0.417. The van der Waals surface area contributed by atoms with Crippen LogP contribution in [0.15, 0.2) is 24.3 Å². The maximum absolute atomic E-state index is 13.6. The Morgan fingerprint density at radius 1 is 1.41 bits per heavy atom. The van der Waals surface area contributed by atoms with Crippen molar-refractivity contribution in [1.82, 2.24) is 0 Å². The first-order chi connectivity index (χ1) is 7.89. The van der Waals surface area contributed by atoms with Gasteiger partial charge in [-0.25, -0.2) is 4.79 Å². The maximum Gasteiger partial charge on any atom is 0.379 e. The fourth-order valence-electron chi connectivity index (χ4n) is 1.34. The molecule has 1 atom stereocenters. The van der Waals surface area contributed by atoms with Gasteiger partial charge in [0, 0.05) is 0 Å². The van der Waals surface area contributed by atoms with E-state index in [1.54, 1.807) is 12.1 Å². The van der Waals surface area contributed by atoms with E-state index in [0.717, 1.165) is 5.56 Å². The molecule has 1 aromatic carbocycles. The van der Waals surface area contributed by atoms with Gasteiger partial charge in [0.2, 0.25) is 0 Å². The van der Waals surface area contributed by atoms with E-state index in [-0.39, 0.29) is 12.2 Å². The van der Waals surface area contributed by atoms with Gasteiger partial charge in [0.05, 0.1) is 6.61 Å².